The predicted molar refractivity (Wildman–Crippen MR) is 95.5 cm³/mol. The molecule has 134 valence electrons. The fraction of sp³-hybridized carbons (Fsp3) is 0.389. The molecule has 8 heteroatoms. The molecule has 3 heterocycles. The smallest absolute Gasteiger partial charge is 0.261 e. The van der Waals surface area contributed by atoms with Gasteiger partial charge < -0.3 is 4.90 Å². The van der Waals surface area contributed by atoms with Gasteiger partial charge in [0, 0.05) is 26.1 Å². The van der Waals surface area contributed by atoms with Gasteiger partial charge >= 0.3 is 0 Å². The first kappa shape index (κ1) is 16.4. The molecule has 1 saturated heterocycles. The Kier molecular flexibility index (Phi) is 4.47. The van der Waals surface area contributed by atoms with Gasteiger partial charge in [0.25, 0.3) is 5.56 Å². The fourth-order valence-electron chi connectivity index (χ4n) is 3.40. The maximum Gasteiger partial charge on any atom is 0.261 e. The number of piperidine rings is 1. The molecule has 1 aliphatic heterocycles. The molecule has 2 aromatic heterocycles. The van der Waals surface area contributed by atoms with Crippen molar-refractivity contribution < 1.29 is 4.79 Å². The Bertz CT molecular complexity index is 957. The van der Waals surface area contributed by atoms with Crippen LogP contribution in [0, 0.1) is 0 Å². The first-order valence-electron chi connectivity index (χ1n) is 8.80. The summed E-state index contributed by atoms with van der Waals surface area (Å²) in [4.78, 5) is 32.8. The summed E-state index contributed by atoms with van der Waals surface area (Å²) in [5, 5.41) is 8.93. The van der Waals surface area contributed by atoms with E-state index in [9.17, 15) is 9.59 Å². The van der Waals surface area contributed by atoms with Gasteiger partial charge in [-0.1, -0.05) is 12.1 Å². The van der Waals surface area contributed by atoms with E-state index < -0.39 is 0 Å². The maximum atomic E-state index is 12.5. The van der Waals surface area contributed by atoms with Crippen molar-refractivity contribution in [2.75, 3.05) is 13.1 Å². The van der Waals surface area contributed by atoms with Crippen molar-refractivity contribution in [2.24, 2.45) is 0 Å². The molecule has 3 aromatic rings. The molecule has 1 fully saturated rings. The summed E-state index contributed by atoms with van der Waals surface area (Å²) in [5.74, 6) is 0.0666. The van der Waals surface area contributed by atoms with Crippen molar-refractivity contribution in [3.05, 3.63) is 53.3 Å². The molecule has 1 aromatic carbocycles. The van der Waals surface area contributed by atoms with E-state index in [1.807, 2.05) is 23.1 Å². The lowest BCUT2D eigenvalue weighted by atomic mass is 10.1. The average molecular weight is 352 g/mol. The van der Waals surface area contributed by atoms with Gasteiger partial charge in [0.05, 0.1) is 35.7 Å². The number of rotatable bonds is 4. The summed E-state index contributed by atoms with van der Waals surface area (Å²) < 4.78 is 1.51. The zero-order chi connectivity index (χ0) is 17.9. The van der Waals surface area contributed by atoms with Crippen LogP contribution in [0.5, 0.6) is 0 Å². The minimum Gasteiger partial charge on any atom is -0.342 e. The molecule has 26 heavy (non-hydrogen) atoms. The van der Waals surface area contributed by atoms with E-state index in [1.165, 1.54) is 10.9 Å². The predicted octanol–water partition coefficient (Wildman–Crippen LogP) is 1.24. The molecule has 4 rings (SSSR count). The van der Waals surface area contributed by atoms with Gasteiger partial charge in [0.15, 0.2) is 0 Å². The van der Waals surface area contributed by atoms with Crippen LogP contribution in [0.3, 0.4) is 0 Å². The number of amides is 1. The number of likely N-dealkylation sites (tertiary alicyclic amines) is 1. The normalized spacial score (nSPS) is 15.5. The molecule has 1 amide bonds. The molecular formula is C18H20N6O2. The first-order chi connectivity index (χ1) is 12.7. The van der Waals surface area contributed by atoms with Gasteiger partial charge in [0.1, 0.15) is 0 Å². The zero-order valence-electron chi connectivity index (χ0n) is 14.4. The van der Waals surface area contributed by atoms with Gasteiger partial charge in [-0.05, 0) is 25.0 Å². The van der Waals surface area contributed by atoms with E-state index >= 15 is 0 Å². The number of carbonyl (C=O) groups is 1. The lowest BCUT2D eigenvalue weighted by Gasteiger charge is -2.31. The molecule has 1 aliphatic rings. The van der Waals surface area contributed by atoms with Crippen molar-refractivity contribution in [1.29, 1.82) is 0 Å². The number of fused-ring (bicyclic) bond motifs is 1. The average Bonchev–Trinajstić information content (AvgIpc) is 3.22. The number of aryl methyl sites for hydroxylation is 1. The highest BCUT2D eigenvalue weighted by Gasteiger charge is 2.24. The van der Waals surface area contributed by atoms with E-state index in [1.54, 1.807) is 23.3 Å². The highest BCUT2D eigenvalue weighted by molar-refractivity contribution is 5.77. The van der Waals surface area contributed by atoms with Crippen LogP contribution in [0.4, 0.5) is 0 Å². The number of benzene rings is 1. The zero-order valence-corrected chi connectivity index (χ0v) is 14.4. The number of para-hydroxylation sites is 1. The molecule has 0 bridgehead atoms. The van der Waals surface area contributed by atoms with Crippen molar-refractivity contribution in [1.82, 2.24) is 29.4 Å². The summed E-state index contributed by atoms with van der Waals surface area (Å²) >= 11 is 0. The van der Waals surface area contributed by atoms with Crippen LogP contribution < -0.4 is 5.56 Å². The first-order valence-corrected chi connectivity index (χ1v) is 8.80. The third-order valence-electron chi connectivity index (χ3n) is 4.88. The highest BCUT2D eigenvalue weighted by Crippen LogP contribution is 2.21. The highest BCUT2D eigenvalue weighted by atomic mass is 16.2. The van der Waals surface area contributed by atoms with Crippen molar-refractivity contribution in [3.8, 4) is 0 Å². The van der Waals surface area contributed by atoms with Crippen LogP contribution in [-0.4, -0.2) is 48.4 Å². The Balaban J connectivity index is 1.36. The quantitative estimate of drug-likeness (QED) is 0.705. The Morgan fingerprint density at radius 3 is 2.62 bits per heavy atom. The van der Waals surface area contributed by atoms with E-state index in [-0.39, 0.29) is 17.5 Å². The Labute approximate surface area is 150 Å². The second kappa shape index (κ2) is 7.07. The second-order valence-electron chi connectivity index (χ2n) is 6.47. The SMILES string of the molecule is O=C(CCn1cnc2ccccc2c1=O)N1CCC(n2nccn2)CC1. The largest absolute Gasteiger partial charge is 0.342 e. The van der Waals surface area contributed by atoms with Crippen molar-refractivity contribution >= 4 is 16.8 Å². The Hall–Kier alpha value is -3.03. The van der Waals surface area contributed by atoms with Gasteiger partial charge in [-0.2, -0.15) is 15.0 Å². The van der Waals surface area contributed by atoms with E-state index in [0.29, 0.717) is 37.0 Å². The summed E-state index contributed by atoms with van der Waals surface area (Å²) in [6.07, 6.45) is 6.85. The molecule has 0 N–H and O–H groups in total. The number of aromatic nitrogens is 5. The lowest BCUT2D eigenvalue weighted by molar-refractivity contribution is -0.132. The topological polar surface area (TPSA) is 85.9 Å². The third-order valence-corrected chi connectivity index (χ3v) is 4.88. The van der Waals surface area contributed by atoms with Crippen LogP contribution in [0.2, 0.25) is 0 Å². The van der Waals surface area contributed by atoms with Gasteiger partial charge in [-0.15, -0.1) is 0 Å². The molecule has 0 radical (unpaired) electrons. The molecular weight excluding hydrogens is 332 g/mol. The standard InChI is InChI=1S/C18H20N6O2/c25-17(22-10-5-14(6-11-22)24-20-8-9-21-24)7-12-23-13-19-16-4-2-1-3-15(16)18(23)26/h1-4,8-9,13-14H,5-7,10-12H2. The number of nitrogens with zero attached hydrogens (tertiary/aromatic N) is 6. The second-order valence-corrected chi connectivity index (χ2v) is 6.47. The number of carbonyl (C=O) groups excluding carboxylic acids is 1. The monoisotopic (exact) mass is 352 g/mol. The summed E-state index contributed by atoms with van der Waals surface area (Å²) in [5.41, 5.74) is 0.571. The van der Waals surface area contributed by atoms with Gasteiger partial charge in [-0.3, -0.25) is 14.2 Å². The molecule has 0 unspecified atom stereocenters. The molecule has 0 aliphatic carbocycles. The van der Waals surface area contributed by atoms with Crippen LogP contribution in [0.1, 0.15) is 25.3 Å². The van der Waals surface area contributed by atoms with Crippen molar-refractivity contribution in [2.45, 2.75) is 31.8 Å². The molecule has 0 saturated carbocycles. The molecule has 8 nitrogen and oxygen atoms in total. The Morgan fingerprint density at radius 1 is 1.12 bits per heavy atom. The minimum absolute atomic E-state index is 0.0666. The van der Waals surface area contributed by atoms with E-state index in [2.05, 4.69) is 15.2 Å². The van der Waals surface area contributed by atoms with E-state index in [0.717, 1.165) is 12.8 Å². The molecule has 0 atom stereocenters. The maximum absolute atomic E-state index is 12.5. The number of hydrogen-bond acceptors (Lipinski definition) is 5. The van der Waals surface area contributed by atoms with Gasteiger partial charge in [-0.25, -0.2) is 4.98 Å². The summed E-state index contributed by atoms with van der Waals surface area (Å²) in [7, 11) is 0. The Morgan fingerprint density at radius 2 is 1.85 bits per heavy atom. The summed E-state index contributed by atoms with van der Waals surface area (Å²) in [6, 6.07) is 7.49. The van der Waals surface area contributed by atoms with Crippen LogP contribution in [0.15, 0.2) is 47.8 Å². The fourth-order valence-corrected chi connectivity index (χ4v) is 3.40. The van der Waals surface area contributed by atoms with Gasteiger partial charge in [0.2, 0.25) is 5.91 Å². The minimum atomic E-state index is -0.105. The third kappa shape index (κ3) is 3.22. The van der Waals surface area contributed by atoms with Crippen LogP contribution >= 0.6 is 0 Å². The van der Waals surface area contributed by atoms with Crippen LogP contribution in [0.25, 0.3) is 10.9 Å². The van der Waals surface area contributed by atoms with E-state index in [4.69, 9.17) is 0 Å². The van der Waals surface area contributed by atoms with Crippen LogP contribution in [-0.2, 0) is 11.3 Å². The lowest BCUT2D eigenvalue weighted by Crippen LogP contribution is -2.40. The number of hydrogen-bond donors (Lipinski definition) is 0. The summed E-state index contributed by atoms with van der Waals surface area (Å²) in [6.45, 7) is 1.72. The molecule has 0 spiro atoms. The van der Waals surface area contributed by atoms with Crippen molar-refractivity contribution in [3.63, 3.8) is 0 Å².